The molecular weight excluding hydrogens is 683 g/mol. The monoisotopic (exact) mass is 719 g/mol. The van der Waals surface area contributed by atoms with E-state index in [1.54, 1.807) is 0 Å². The molecule has 11 rings (SSSR count). The Hall–Kier alpha value is -7.30. The number of nitrogens with one attached hydrogen (secondary N) is 1. The molecule has 4 heteroatoms. The van der Waals surface area contributed by atoms with Gasteiger partial charge in [0, 0.05) is 50.5 Å². The Morgan fingerprint density at radius 3 is 1.95 bits per heavy atom. The molecule has 0 amide bonds. The Balaban J connectivity index is 1.12. The third kappa shape index (κ3) is 5.22. The van der Waals surface area contributed by atoms with Crippen LogP contribution in [0.3, 0.4) is 0 Å². The molecule has 8 aromatic carbocycles. The lowest BCUT2D eigenvalue weighted by atomic mass is 10.1. The van der Waals surface area contributed by atoms with E-state index in [0.29, 0.717) is 6.54 Å². The molecule has 0 aliphatic carbocycles. The maximum absolute atomic E-state index is 6.71. The highest BCUT2D eigenvalue weighted by molar-refractivity contribution is 6.29. The molecule has 4 nitrogen and oxygen atoms in total. The van der Waals surface area contributed by atoms with Crippen LogP contribution in [0.15, 0.2) is 199 Å². The van der Waals surface area contributed by atoms with E-state index in [9.17, 15) is 0 Å². The van der Waals surface area contributed by atoms with Crippen LogP contribution in [0, 0.1) is 0 Å². The topological polar surface area (TPSA) is 35.0 Å². The van der Waals surface area contributed by atoms with Crippen molar-refractivity contribution in [2.75, 3.05) is 0 Å². The van der Waals surface area contributed by atoms with Gasteiger partial charge < -0.3 is 18.9 Å². The molecule has 0 unspecified atom stereocenters. The Morgan fingerprint density at radius 2 is 1.11 bits per heavy atom. The zero-order valence-electron chi connectivity index (χ0n) is 30.7. The molecule has 0 saturated heterocycles. The number of para-hydroxylation sites is 3. The van der Waals surface area contributed by atoms with Crippen LogP contribution in [0.25, 0.3) is 82.6 Å². The second-order valence-electron chi connectivity index (χ2n) is 14.5. The second kappa shape index (κ2) is 13.2. The average Bonchev–Trinajstić information content (AvgIpc) is 3.92. The van der Waals surface area contributed by atoms with Crippen molar-refractivity contribution in [3.8, 4) is 11.4 Å². The summed E-state index contributed by atoms with van der Waals surface area (Å²) in [4.78, 5) is 0. The van der Waals surface area contributed by atoms with Crippen molar-refractivity contribution in [3.63, 3.8) is 0 Å². The van der Waals surface area contributed by atoms with Crippen molar-refractivity contribution in [2.45, 2.75) is 13.0 Å². The summed E-state index contributed by atoms with van der Waals surface area (Å²) in [6, 6.07) is 67.2. The number of nitrogens with zero attached hydrogens (tertiary/aromatic N) is 2. The molecule has 0 radical (unpaired) electrons. The number of hydrogen-bond acceptors (Lipinski definition) is 2. The fraction of sp³-hybridized carbons (Fsp3) is 0.0385. The number of hydrogen-bond donors (Lipinski definition) is 1. The standard InChI is InChI=1S/C52H37N3O/c1-4-15-35(16-5-1)27-31-45(37-18-6-2-7-19-37)53-34-36-17-14-22-39(33-36)55-46-25-12-10-23-40(46)42-28-29-44-49-47(54(51(44)50(42)55)38-20-8-3-9-21-38)32-30-43-41-24-11-13-26-48(41)56-52(43)49/h1-26,28-33,53H,27,34H2/b45-31-. The number of aromatic nitrogens is 2. The van der Waals surface area contributed by atoms with Crippen molar-refractivity contribution in [1.82, 2.24) is 14.5 Å². The fourth-order valence-electron chi connectivity index (χ4n) is 8.67. The van der Waals surface area contributed by atoms with E-state index < -0.39 is 0 Å². The third-order valence-corrected chi connectivity index (χ3v) is 11.2. The number of rotatable bonds is 8. The van der Waals surface area contributed by atoms with Gasteiger partial charge in [0.2, 0.25) is 0 Å². The van der Waals surface area contributed by atoms with Crippen LogP contribution in [-0.4, -0.2) is 9.13 Å². The van der Waals surface area contributed by atoms with Gasteiger partial charge in [0.15, 0.2) is 0 Å². The zero-order valence-corrected chi connectivity index (χ0v) is 30.7. The lowest BCUT2D eigenvalue weighted by Gasteiger charge is -2.15. The first-order valence-electron chi connectivity index (χ1n) is 19.3. The summed E-state index contributed by atoms with van der Waals surface area (Å²) in [5.74, 6) is 0. The van der Waals surface area contributed by atoms with Crippen LogP contribution in [0.1, 0.15) is 16.7 Å². The van der Waals surface area contributed by atoms with Gasteiger partial charge in [-0.1, -0.05) is 146 Å². The van der Waals surface area contributed by atoms with Crippen molar-refractivity contribution in [1.29, 1.82) is 0 Å². The van der Waals surface area contributed by atoms with Gasteiger partial charge in [-0.2, -0.15) is 0 Å². The Kier molecular flexibility index (Phi) is 7.59. The van der Waals surface area contributed by atoms with Crippen molar-refractivity contribution < 1.29 is 4.42 Å². The minimum absolute atomic E-state index is 0.685. The molecule has 266 valence electrons. The van der Waals surface area contributed by atoms with Gasteiger partial charge in [-0.3, -0.25) is 0 Å². The minimum Gasteiger partial charge on any atom is -0.455 e. The highest BCUT2D eigenvalue weighted by atomic mass is 16.3. The molecule has 0 atom stereocenters. The Bertz CT molecular complexity index is 3260. The Morgan fingerprint density at radius 1 is 0.482 bits per heavy atom. The smallest absolute Gasteiger partial charge is 0.145 e. The van der Waals surface area contributed by atoms with Gasteiger partial charge in [-0.25, -0.2) is 0 Å². The van der Waals surface area contributed by atoms with Crippen molar-refractivity contribution in [2.24, 2.45) is 0 Å². The average molecular weight is 720 g/mol. The SMILES string of the molecule is C(/Cc1ccccc1)=C(/NCc1cccc(-n2c3ccccc3c3ccc4c5c6oc7ccccc7c6ccc5n(-c5ccccc5)c4c32)c1)c1ccccc1. The van der Waals surface area contributed by atoms with E-state index in [4.69, 9.17) is 4.42 Å². The highest BCUT2D eigenvalue weighted by Crippen LogP contribution is 2.45. The van der Waals surface area contributed by atoms with Crippen LogP contribution < -0.4 is 5.32 Å². The van der Waals surface area contributed by atoms with E-state index in [1.165, 1.54) is 43.9 Å². The van der Waals surface area contributed by atoms with E-state index in [1.807, 2.05) is 6.07 Å². The summed E-state index contributed by atoms with van der Waals surface area (Å²) in [5.41, 5.74) is 13.5. The number of allylic oxidation sites excluding steroid dienone is 1. The lowest BCUT2D eigenvalue weighted by molar-refractivity contribution is 0.673. The van der Waals surface area contributed by atoms with Gasteiger partial charge in [0.25, 0.3) is 0 Å². The van der Waals surface area contributed by atoms with Crippen LogP contribution >= 0.6 is 0 Å². The Labute approximate surface area is 324 Å². The minimum atomic E-state index is 0.685. The lowest BCUT2D eigenvalue weighted by Crippen LogP contribution is -2.12. The molecule has 0 spiro atoms. The molecule has 0 aliphatic rings. The summed E-state index contributed by atoms with van der Waals surface area (Å²) in [6.45, 7) is 0.685. The summed E-state index contributed by atoms with van der Waals surface area (Å²) >= 11 is 0. The largest absolute Gasteiger partial charge is 0.455 e. The van der Waals surface area contributed by atoms with Gasteiger partial charge >= 0.3 is 0 Å². The van der Waals surface area contributed by atoms with Crippen LogP contribution in [-0.2, 0) is 13.0 Å². The van der Waals surface area contributed by atoms with Gasteiger partial charge in [-0.15, -0.1) is 0 Å². The predicted octanol–water partition coefficient (Wildman–Crippen LogP) is 13.2. The first kappa shape index (κ1) is 32.2. The van der Waals surface area contributed by atoms with E-state index in [-0.39, 0.29) is 0 Å². The summed E-state index contributed by atoms with van der Waals surface area (Å²) in [7, 11) is 0. The molecule has 3 aromatic heterocycles. The van der Waals surface area contributed by atoms with Crippen molar-refractivity contribution >= 4 is 71.2 Å². The number of furan rings is 1. The second-order valence-corrected chi connectivity index (χ2v) is 14.5. The first-order valence-corrected chi connectivity index (χ1v) is 19.3. The number of fused-ring (bicyclic) bond motifs is 11. The molecule has 11 aromatic rings. The van der Waals surface area contributed by atoms with Crippen LogP contribution in [0.5, 0.6) is 0 Å². The molecule has 1 N–H and O–H groups in total. The molecule has 0 bridgehead atoms. The van der Waals surface area contributed by atoms with Crippen molar-refractivity contribution in [3.05, 3.63) is 211 Å². The molecular formula is C52H37N3O. The van der Waals surface area contributed by atoms with Gasteiger partial charge in [0.1, 0.15) is 11.2 Å². The quantitative estimate of drug-likeness (QED) is 0.170. The summed E-state index contributed by atoms with van der Waals surface area (Å²) in [6.07, 6.45) is 3.16. The molecule has 0 fully saturated rings. The summed E-state index contributed by atoms with van der Waals surface area (Å²) in [5, 5.41) is 10.8. The molecule has 0 aliphatic heterocycles. The van der Waals surface area contributed by atoms with E-state index in [2.05, 4.69) is 203 Å². The molecule has 3 heterocycles. The summed E-state index contributed by atoms with van der Waals surface area (Å²) < 4.78 is 11.6. The van der Waals surface area contributed by atoms with Gasteiger partial charge in [-0.05, 0) is 71.6 Å². The van der Waals surface area contributed by atoms with Crippen LogP contribution in [0.4, 0.5) is 0 Å². The fourth-order valence-corrected chi connectivity index (χ4v) is 8.67. The zero-order chi connectivity index (χ0) is 37.0. The van der Waals surface area contributed by atoms with E-state index >= 15 is 0 Å². The predicted molar refractivity (Wildman–Crippen MR) is 234 cm³/mol. The third-order valence-electron chi connectivity index (χ3n) is 11.2. The van der Waals surface area contributed by atoms with Crippen LogP contribution in [0.2, 0.25) is 0 Å². The number of benzene rings is 8. The van der Waals surface area contributed by atoms with Gasteiger partial charge in [0.05, 0.1) is 27.5 Å². The highest BCUT2D eigenvalue weighted by Gasteiger charge is 2.24. The van der Waals surface area contributed by atoms with E-state index in [0.717, 1.165) is 61.9 Å². The normalized spacial score (nSPS) is 12.2. The molecule has 56 heavy (non-hydrogen) atoms. The molecule has 0 saturated carbocycles. The maximum atomic E-state index is 6.71. The first-order chi connectivity index (χ1) is 27.8. The maximum Gasteiger partial charge on any atom is 0.145 e.